The standard InChI is InChI=1S/C15H21N3OS/c1-3-10-6-5-7-18(9-10)15-11(8-16)13(17)14(20-15)12(19)4-2/h10H,3-7,9,17H2,1-2H3. The molecule has 2 rings (SSSR count). The maximum atomic E-state index is 11.9. The number of carbonyl (C=O) groups excluding carboxylic acids is 1. The zero-order valence-corrected chi connectivity index (χ0v) is 12.9. The number of thiophene rings is 1. The van der Waals surface area contributed by atoms with Crippen LogP contribution in [0.5, 0.6) is 0 Å². The molecule has 0 aliphatic carbocycles. The van der Waals surface area contributed by atoms with Crippen molar-refractivity contribution in [2.75, 3.05) is 23.7 Å². The predicted octanol–water partition coefficient (Wildman–Crippen LogP) is 3.42. The van der Waals surface area contributed by atoms with Crippen LogP contribution in [0.2, 0.25) is 0 Å². The summed E-state index contributed by atoms with van der Waals surface area (Å²) in [5.74, 6) is 0.697. The number of anilines is 2. The molecule has 1 saturated heterocycles. The van der Waals surface area contributed by atoms with E-state index in [9.17, 15) is 10.1 Å². The molecule has 0 spiro atoms. The van der Waals surface area contributed by atoms with Gasteiger partial charge in [0.25, 0.3) is 0 Å². The normalized spacial score (nSPS) is 18.9. The van der Waals surface area contributed by atoms with E-state index in [1.54, 1.807) is 0 Å². The first kappa shape index (κ1) is 14.9. The molecule has 108 valence electrons. The van der Waals surface area contributed by atoms with Crippen molar-refractivity contribution in [3.8, 4) is 6.07 Å². The summed E-state index contributed by atoms with van der Waals surface area (Å²) in [5, 5.41) is 10.2. The minimum absolute atomic E-state index is 0.0271. The molecule has 1 atom stereocenters. The van der Waals surface area contributed by atoms with Crippen molar-refractivity contribution in [2.24, 2.45) is 5.92 Å². The van der Waals surface area contributed by atoms with Crippen LogP contribution in [0.4, 0.5) is 10.7 Å². The van der Waals surface area contributed by atoms with E-state index in [0.29, 0.717) is 28.5 Å². The van der Waals surface area contributed by atoms with Crippen molar-refractivity contribution in [2.45, 2.75) is 39.5 Å². The second kappa shape index (κ2) is 6.27. The van der Waals surface area contributed by atoms with Crippen molar-refractivity contribution in [1.82, 2.24) is 0 Å². The van der Waals surface area contributed by atoms with Crippen LogP contribution in [0, 0.1) is 17.2 Å². The summed E-state index contributed by atoms with van der Waals surface area (Å²) in [5.41, 5.74) is 6.87. The Morgan fingerprint density at radius 1 is 1.55 bits per heavy atom. The molecule has 4 nitrogen and oxygen atoms in total. The quantitative estimate of drug-likeness (QED) is 0.863. The topological polar surface area (TPSA) is 70.1 Å². The molecule has 2 heterocycles. The van der Waals surface area contributed by atoms with Crippen LogP contribution in [0.15, 0.2) is 0 Å². The van der Waals surface area contributed by atoms with Gasteiger partial charge in [0.05, 0.1) is 10.6 Å². The number of ketones is 1. The van der Waals surface area contributed by atoms with E-state index >= 15 is 0 Å². The number of carbonyl (C=O) groups is 1. The first-order chi connectivity index (χ1) is 9.62. The molecule has 0 saturated carbocycles. The third kappa shape index (κ3) is 2.66. The monoisotopic (exact) mass is 291 g/mol. The molecule has 5 heteroatoms. The van der Waals surface area contributed by atoms with Crippen molar-refractivity contribution in [1.29, 1.82) is 5.26 Å². The molecule has 1 aliphatic rings. The average Bonchev–Trinajstić information content (AvgIpc) is 2.83. The van der Waals surface area contributed by atoms with Gasteiger partial charge in [0, 0.05) is 19.5 Å². The Bertz CT molecular complexity index is 544. The number of nitrogens with zero attached hydrogens (tertiary/aromatic N) is 2. The van der Waals surface area contributed by atoms with E-state index in [2.05, 4.69) is 17.9 Å². The summed E-state index contributed by atoms with van der Waals surface area (Å²) in [6, 6.07) is 2.18. The minimum atomic E-state index is 0.0271. The Hall–Kier alpha value is -1.54. The molecule has 1 aliphatic heterocycles. The molecule has 20 heavy (non-hydrogen) atoms. The molecule has 1 fully saturated rings. The fraction of sp³-hybridized carbons (Fsp3) is 0.600. The maximum Gasteiger partial charge on any atom is 0.174 e. The lowest BCUT2D eigenvalue weighted by atomic mass is 9.96. The molecule has 1 aromatic heterocycles. The summed E-state index contributed by atoms with van der Waals surface area (Å²) in [6.45, 7) is 5.94. The van der Waals surface area contributed by atoms with Gasteiger partial charge >= 0.3 is 0 Å². The maximum absolute atomic E-state index is 11.9. The molecular weight excluding hydrogens is 270 g/mol. The van der Waals surface area contributed by atoms with Crippen molar-refractivity contribution < 1.29 is 4.79 Å². The summed E-state index contributed by atoms with van der Waals surface area (Å²) < 4.78 is 0. The number of nitrogens with two attached hydrogens (primary N) is 1. The van der Waals surface area contributed by atoms with Gasteiger partial charge in [-0.2, -0.15) is 5.26 Å². The fourth-order valence-corrected chi connectivity index (χ4v) is 3.93. The highest BCUT2D eigenvalue weighted by atomic mass is 32.1. The Morgan fingerprint density at radius 3 is 2.90 bits per heavy atom. The molecular formula is C15H21N3OS. The van der Waals surface area contributed by atoms with Gasteiger partial charge in [-0.15, -0.1) is 11.3 Å². The zero-order chi connectivity index (χ0) is 14.7. The van der Waals surface area contributed by atoms with E-state index in [0.717, 1.165) is 30.9 Å². The number of Topliss-reactive ketones (excluding diaryl/α,β-unsaturated/α-hetero) is 1. The molecule has 1 aromatic rings. The summed E-state index contributed by atoms with van der Waals surface area (Å²) >= 11 is 1.39. The lowest BCUT2D eigenvalue weighted by Gasteiger charge is -2.33. The number of piperidine rings is 1. The van der Waals surface area contributed by atoms with Crippen molar-refractivity contribution >= 4 is 27.8 Å². The third-order valence-electron chi connectivity index (χ3n) is 4.00. The van der Waals surface area contributed by atoms with E-state index in [1.807, 2.05) is 6.92 Å². The second-order valence-corrected chi connectivity index (χ2v) is 6.28. The van der Waals surface area contributed by atoms with Crippen LogP contribution in [-0.4, -0.2) is 18.9 Å². The van der Waals surface area contributed by atoms with E-state index in [4.69, 9.17) is 5.73 Å². The van der Waals surface area contributed by atoms with Crippen LogP contribution in [0.25, 0.3) is 0 Å². The fourth-order valence-electron chi connectivity index (χ4n) is 2.71. The van der Waals surface area contributed by atoms with Gasteiger partial charge in [0.2, 0.25) is 0 Å². The Balaban J connectivity index is 2.36. The molecule has 0 bridgehead atoms. The highest BCUT2D eigenvalue weighted by molar-refractivity contribution is 7.19. The highest BCUT2D eigenvalue weighted by Gasteiger charge is 2.26. The van der Waals surface area contributed by atoms with Gasteiger partial charge in [0.1, 0.15) is 16.6 Å². The van der Waals surface area contributed by atoms with E-state index in [1.165, 1.54) is 17.8 Å². The predicted molar refractivity (Wildman–Crippen MR) is 83.3 cm³/mol. The smallest absolute Gasteiger partial charge is 0.174 e. The second-order valence-electron chi connectivity index (χ2n) is 5.28. The third-order valence-corrected chi connectivity index (χ3v) is 5.30. The van der Waals surface area contributed by atoms with Crippen LogP contribution in [0.3, 0.4) is 0 Å². The molecule has 1 unspecified atom stereocenters. The van der Waals surface area contributed by atoms with E-state index in [-0.39, 0.29) is 5.78 Å². The summed E-state index contributed by atoms with van der Waals surface area (Å²) in [4.78, 5) is 14.7. The van der Waals surface area contributed by atoms with Gasteiger partial charge in [-0.1, -0.05) is 20.3 Å². The molecule has 0 aromatic carbocycles. The number of rotatable bonds is 4. The zero-order valence-electron chi connectivity index (χ0n) is 12.1. The first-order valence-electron chi connectivity index (χ1n) is 7.22. The van der Waals surface area contributed by atoms with Crippen molar-refractivity contribution in [3.05, 3.63) is 10.4 Å². The molecule has 0 radical (unpaired) electrons. The molecule has 0 amide bonds. The van der Waals surface area contributed by atoms with Crippen LogP contribution >= 0.6 is 11.3 Å². The Kier molecular flexibility index (Phi) is 4.66. The van der Waals surface area contributed by atoms with Crippen LogP contribution in [-0.2, 0) is 0 Å². The summed E-state index contributed by atoms with van der Waals surface area (Å²) in [7, 11) is 0. The number of hydrogen-bond donors (Lipinski definition) is 1. The largest absolute Gasteiger partial charge is 0.396 e. The Morgan fingerprint density at radius 2 is 2.30 bits per heavy atom. The SMILES string of the molecule is CCC(=O)c1sc(N2CCCC(CC)C2)c(C#N)c1N. The van der Waals surface area contributed by atoms with Gasteiger partial charge in [0.15, 0.2) is 5.78 Å². The lowest BCUT2D eigenvalue weighted by Crippen LogP contribution is -2.35. The van der Waals surface area contributed by atoms with Gasteiger partial charge in [-0.3, -0.25) is 4.79 Å². The van der Waals surface area contributed by atoms with Gasteiger partial charge < -0.3 is 10.6 Å². The minimum Gasteiger partial charge on any atom is -0.396 e. The van der Waals surface area contributed by atoms with Crippen LogP contribution in [0.1, 0.15) is 54.8 Å². The van der Waals surface area contributed by atoms with Crippen LogP contribution < -0.4 is 10.6 Å². The molecule has 2 N–H and O–H groups in total. The highest BCUT2D eigenvalue weighted by Crippen LogP contribution is 2.40. The van der Waals surface area contributed by atoms with Crippen molar-refractivity contribution in [3.63, 3.8) is 0 Å². The average molecular weight is 291 g/mol. The first-order valence-corrected chi connectivity index (χ1v) is 8.04. The lowest BCUT2D eigenvalue weighted by molar-refractivity contribution is 0.0993. The Labute approximate surface area is 124 Å². The van der Waals surface area contributed by atoms with Gasteiger partial charge in [-0.25, -0.2) is 0 Å². The number of hydrogen-bond acceptors (Lipinski definition) is 5. The summed E-state index contributed by atoms with van der Waals surface area (Å²) in [6.07, 6.45) is 3.96. The van der Waals surface area contributed by atoms with Gasteiger partial charge in [-0.05, 0) is 18.8 Å². The number of nitriles is 1. The number of nitrogen functional groups attached to an aromatic ring is 1. The van der Waals surface area contributed by atoms with E-state index < -0.39 is 0 Å².